The Kier molecular flexibility index (Phi) is 2.84. The monoisotopic (exact) mass is 370 g/mol. The number of aromatic amines is 1. The van der Waals surface area contributed by atoms with E-state index in [1.807, 2.05) is 0 Å². The average molecular weight is 371 g/mol. The van der Waals surface area contributed by atoms with Crippen LogP contribution in [0.5, 0.6) is 5.75 Å². The van der Waals surface area contributed by atoms with Gasteiger partial charge in [0.15, 0.2) is 5.70 Å². The van der Waals surface area contributed by atoms with Crippen LogP contribution in [0.25, 0.3) is 11.0 Å². The van der Waals surface area contributed by atoms with Crippen molar-refractivity contribution in [3.63, 3.8) is 0 Å². The van der Waals surface area contributed by atoms with Crippen molar-refractivity contribution in [2.45, 2.75) is 24.1 Å². The molecule has 1 atom stereocenters. The van der Waals surface area contributed by atoms with Gasteiger partial charge in [0.05, 0.1) is 31.5 Å². The molecule has 0 aliphatic carbocycles. The van der Waals surface area contributed by atoms with Gasteiger partial charge in [0, 0.05) is 49.8 Å². The van der Waals surface area contributed by atoms with E-state index in [0.29, 0.717) is 11.0 Å². The smallest absolute Gasteiger partial charge is 0.322 e. The summed E-state index contributed by atoms with van der Waals surface area (Å²) < 4.78 is 110. The van der Waals surface area contributed by atoms with Crippen LogP contribution in [0.2, 0.25) is 0 Å². The molecule has 0 fully saturated rings. The minimum atomic E-state index is -3.50. The highest BCUT2D eigenvalue weighted by atomic mass is 32.2. The first-order chi connectivity index (χ1) is 16.4. The first-order valence-electron chi connectivity index (χ1n) is 12.5. The number of methoxy groups -OCH3 is 1. The standard InChI is InChI=1S/C18H21N3O3S/c1-13-16(19-9-8-17(13)24-11-5-10-23-2)12-25(22)18-20-14-6-3-4-7-15(14)21-18/h3-4,6-9H,5,10-12H2,1-2H3,(H,20,21)/i1D3,5D2,10D2,11D2,12D2. The lowest BCUT2D eigenvalue weighted by Crippen LogP contribution is -2.10. The van der Waals surface area contributed by atoms with Crippen molar-refractivity contribution in [3.8, 4) is 5.75 Å². The van der Waals surface area contributed by atoms with Gasteiger partial charge in [0.2, 0.25) is 0 Å². The summed E-state index contributed by atoms with van der Waals surface area (Å²) in [4.78, 5) is 10.6. The Balaban J connectivity index is 2.12. The average Bonchev–Trinajstić information content (AvgIpc) is 3.21. The van der Waals surface area contributed by atoms with Crippen LogP contribution in [0.3, 0.4) is 0 Å². The fourth-order valence-corrected chi connectivity index (χ4v) is 2.72. The fourth-order valence-electron chi connectivity index (χ4n) is 1.91. The summed E-state index contributed by atoms with van der Waals surface area (Å²) >= 11 is -2.64. The minimum Gasteiger partial charge on any atom is -0.609 e. The zero-order valence-corrected chi connectivity index (χ0v) is 13.8. The lowest BCUT2D eigenvalue weighted by molar-refractivity contribution is 0.172. The first kappa shape index (κ1) is 8.53. The lowest BCUT2D eigenvalue weighted by atomic mass is 10.2. The minimum absolute atomic E-state index is 0.300. The summed E-state index contributed by atoms with van der Waals surface area (Å²) in [7, 11) is 0.814. The Bertz CT molecular complexity index is 1220. The number of pyridine rings is 1. The van der Waals surface area contributed by atoms with Gasteiger partial charge in [-0.2, -0.15) is 4.98 Å². The SMILES string of the molecule is [2H]C([2H])([2H])c1c(OC([2H])([2H])C([2H])([2H])C([2H])([2H])OC)ccnc1C([2H])([2H])[S+]([O-])c1nc2ccccc2[nH]1. The van der Waals surface area contributed by atoms with E-state index < -0.39 is 60.2 Å². The molecule has 0 amide bonds. The molecule has 0 radical (unpaired) electrons. The second kappa shape index (κ2) is 8.33. The maximum absolute atomic E-state index is 13.2. The van der Waals surface area contributed by atoms with Gasteiger partial charge in [-0.15, -0.1) is 0 Å². The summed E-state index contributed by atoms with van der Waals surface area (Å²) in [6.45, 7) is -9.88. The van der Waals surface area contributed by atoms with Crippen LogP contribution in [0.15, 0.2) is 41.7 Å². The van der Waals surface area contributed by atoms with Gasteiger partial charge in [-0.3, -0.25) is 9.97 Å². The van der Waals surface area contributed by atoms with E-state index in [1.54, 1.807) is 24.3 Å². The summed E-state index contributed by atoms with van der Waals surface area (Å²) in [6.07, 6.45) is -2.58. The highest BCUT2D eigenvalue weighted by Gasteiger charge is 2.20. The molecular weight excluding hydrogens is 338 g/mol. The van der Waals surface area contributed by atoms with Crippen LogP contribution in [0.4, 0.5) is 0 Å². The van der Waals surface area contributed by atoms with Gasteiger partial charge >= 0.3 is 5.16 Å². The number of imidazole rings is 1. The molecule has 0 spiro atoms. The molecule has 0 bridgehead atoms. The van der Waals surface area contributed by atoms with Gasteiger partial charge < -0.3 is 14.0 Å². The van der Waals surface area contributed by atoms with Crippen molar-refractivity contribution >= 4 is 22.2 Å². The molecule has 0 aliphatic heterocycles. The van der Waals surface area contributed by atoms with Crippen molar-refractivity contribution in [2.75, 3.05) is 20.2 Å². The Hall–Kier alpha value is -2.09. The zero-order valence-electron chi connectivity index (χ0n) is 24.0. The van der Waals surface area contributed by atoms with Crippen LogP contribution in [0.1, 0.15) is 32.7 Å². The number of H-pyrrole nitrogens is 1. The summed E-state index contributed by atoms with van der Waals surface area (Å²) in [5, 5.41) is -0.300. The second-order valence-electron chi connectivity index (χ2n) is 4.60. The molecule has 0 aliphatic rings. The van der Waals surface area contributed by atoms with Crippen LogP contribution < -0.4 is 4.74 Å². The second-order valence-corrected chi connectivity index (χ2v) is 5.73. The van der Waals surface area contributed by atoms with Gasteiger partial charge in [-0.05, 0) is 25.1 Å². The molecular formula is C18H21N3O3S. The molecule has 6 nitrogen and oxygen atoms in total. The van der Waals surface area contributed by atoms with Gasteiger partial charge in [-0.1, -0.05) is 12.1 Å². The number of fused-ring (bicyclic) bond motifs is 1. The van der Waals surface area contributed by atoms with E-state index in [9.17, 15) is 4.55 Å². The topological polar surface area (TPSA) is 83.1 Å². The van der Waals surface area contributed by atoms with E-state index in [-0.39, 0.29) is 5.16 Å². The van der Waals surface area contributed by atoms with E-state index in [4.69, 9.17) is 19.8 Å². The van der Waals surface area contributed by atoms with Crippen LogP contribution >= 0.6 is 0 Å². The maximum atomic E-state index is 13.2. The maximum Gasteiger partial charge on any atom is 0.322 e. The van der Waals surface area contributed by atoms with Crippen molar-refractivity contribution in [2.24, 2.45) is 0 Å². The third-order valence-corrected chi connectivity index (χ3v) is 3.93. The fraction of sp³-hybridized carbons (Fsp3) is 0.333. The Morgan fingerprint density at radius 3 is 3.00 bits per heavy atom. The largest absolute Gasteiger partial charge is 0.609 e. The predicted molar refractivity (Wildman–Crippen MR) is 97.2 cm³/mol. The highest BCUT2D eigenvalue weighted by molar-refractivity contribution is 7.90. The summed E-state index contributed by atoms with van der Waals surface area (Å²) in [6, 6.07) is 7.42. The third-order valence-electron chi connectivity index (χ3n) is 3.01. The van der Waals surface area contributed by atoms with Crippen LogP contribution in [-0.4, -0.2) is 39.7 Å². The number of ether oxygens (including phenoxy) is 2. The molecule has 3 rings (SSSR count). The van der Waals surface area contributed by atoms with Crippen LogP contribution in [-0.2, 0) is 21.6 Å². The quantitative estimate of drug-likeness (QED) is 0.616. The number of nitrogens with one attached hydrogen (secondary N) is 1. The van der Waals surface area contributed by atoms with E-state index >= 15 is 0 Å². The Morgan fingerprint density at radius 2 is 2.20 bits per heavy atom. The number of nitrogens with zero attached hydrogens (tertiary/aromatic N) is 2. The lowest BCUT2D eigenvalue weighted by Gasteiger charge is -2.12. The van der Waals surface area contributed by atoms with E-state index in [0.717, 1.165) is 19.4 Å². The highest BCUT2D eigenvalue weighted by Crippen LogP contribution is 2.24. The van der Waals surface area contributed by atoms with Crippen molar-refractivity contribution in [3.05, 3.63) is 47.8 Å². The Labute approximate surface area is 165 Å². The van der Waals surface area contributed by atoms with Gasteiger partial charge in [0.25, 0.3) is 0 Å². The van der Waals surface area contributed by atoms with Gasteiger partial charge in [-0.25, -0.2) is 0 Å². The summed E-state index contributed by atoms with van der Waals surface area (Å²) in [5.41, 5.74) is -3.97. The Morgan fingerprint density at radius 1 is 1.32 bits per heavy atom. The molecule has 1 N–H and O–H groups in total. The van der Waals surface area contributed by atoms with E-state index in [1.165, 1.54) is 0 Å². The van der Waals surface area contributed by atoms with Crippen LogP contribution in [0, 0.1) is 6.85 Å². The zero-order chi connectivity index (χ0) is 27.3. The third kappa shape index (κ3) is 4.31. The number of benzene rings is 1. The number of hydrogen-bond acceptors (Lipinski definition) is 5. The molecule has 25 heavy (non-hydrogen) atoms. The molecule has 3 aromatic rings. The number of rotatable bonds is 8. The van der Waals surface area contributed by atoms with Crippen molar-refractivity contribution < 1.29 is 29.1 Å². The molecule has 2 heterocycles. The number of hydrogen-bond donors (Lipinski definition) is 1. The first-order valence-corrected chi connectivity index (χ1v) is 8.12. The number of aromatic nitrogens is 3. The predicted octanol–water partition coefficient (Wildman–Crippen LogP) is 2.99. The molecule has 132 valence electrons. The van der Waals surface area contributed by atoms with Crippen molar-refractivity contribution in [1.82, 2.24) is 15.0 Å². The molecule has 0 saturated heterocycles. The van der Waals surface area contributed by atoms with Gasteiger partial charge in [0.1, 0.15) is 5.75 Å². The molecule has 7 heteroatoms. The molecule has 1 unspecified atom stereocenters. The van der Waals surface area contributed by atoms with E-state index in [2.05, 4.69) is 19.7 Å². The molecule has 0 saturated carbocycles. The molecule has 1 aromatic carbocycles. The normalized spacial score (nSPS) is 21.8. The summed E-state index contributed by atoms with van der Waals surface area (Å²) in [5.74, 6) is -0.841. The van der Waals surface area contributed by atoms with Crippen molar-refractivity contribution in [1.29, 1.82) is 0 Å². The number of para-hydroxylation sites is 2. The molecule has 2 aromatic heterocycles.